The summed E-state index contributed by atoms with van der Waals surface area (Å²) in [7, 11) is 0. The van der Waals surface area contributed by atoms with Crippen molar-refractivity contribution >= 4 is 35.2 Å². The first-order chi connectivity index (χ1) is 17.4. The van der Waals surface area contributed by atoms with E-state index in [4.69, 9.17) is 11.6 Å². The van der Waals surface area contributed by atoms with Crippen molar-refractivity contribution < 1.29 is 9.59 Å². The van der Waals surface area contributed by atoms with Crippen molar-refractivity contribution in [2.75, 3.05) is 5.75 Å². The lowest BCUT2D eigenvalue weighted by Crippen LogP contribution is -2.52. The van der Waals surface area contributed by atoms with Crippen LogP contribution >= 0.6 is 23.4 Å². The average Bonchev–Trinajstić information content (AvgIpc) is 2.88. The lowest BCUT2D eigenvalue weighted by molar-refractivity contribution is -0.141. The third-order valence-electron chi connectivity index (χ3n) is 6.18. The number of hydrogen-bond donors (Lipinski definition) is 1. The van der Waals surface area contributed by atoms with Crippen molar-refractivity contribution in [1.82, 2.24) is 10.2 Å². The highest BCUT2D eigenvalue weighted by Crippen LogP contribution is 2.23. The van der Waals surface area contributed by atoms with Gasteiger partial charge >= 0.3 is 0 Å². The molecule has 3 rings (SSSR count). The second-order valence-electron chi connectivity index (χ2n) is 9.05. The number of carbonyl (C=O) groups is 2. The molecule has 0 fully saturated rings. The third-order valence-corrected chi connectivity index (χ3v) is 7.56. The number of benzene rings is 3. The maximum absolute atomic E-state index is 13.7. The van der Waals surface area contributed by atoms with Crippen LogP contribution in [0.15, 0.2) is 83.8 Å². The van der Waals surface area contributed by atoms with Gasteiger partial charge in [0, 0.05) is 41.1 Å². The Morgan fingerprint density at radius 1 is 0.972 bits per heavy atom. The summed E-state index contributed by atoms with van der Waals surface area (Å²) in [4.78, 5) is 30.0. The van der Waals surface area contributed by atoms with Gasteiger partial charge in [-0.1, -0.05) is 84.8 Å². The predicted octanol–water partition coefficient (Wildman–Crippen LogP) is 6.69. The Balaban J connectivity index is 1.86. The molecule has 2 amide bonds. The fraction of sp³-hybridized carbons (Fsp3) is 0.333. The molecule has 190 valence electrons. The minimum atomic E-state index is -0.644. The molecule has 0 aliphatic rings. The van der Waals surface area contributed by atoms with Crippen LogP contribution in [0.4, 0.5) is 0 Å². The predicted molar refractivity (Wildman–Crippen MR) is 150 cm³/mol. The summed E-state index contributed by atoms with van der Waals surface area (Å²) >= 11 is 8.13. The molecule has 0 spiro atoms. The Hall–Kier alpha value is -2.76. The largest absolute Gasteiger partial charge is 0.352 e. The van der Waals surface area contributed by atoms with E-state index in [1.165, 1.54) is 5.56 Å². The second-order valence-corrected chi connectivity index (χ2v) is 10.6. The molecule has 0 radical (unpaired) electrons. The topological polar surface area (TPSA) is 49.4 Å². The monoisotopic (exact) mass is 522 g/mol. The van der Waals surface area contributed by atoms with E-state index in [1.54, 1.807) is 16.7 Å². The highest BCUT2D eigenvalue weighted by Gasteiger charge is 2.31. The molecule has 0 unspecified atom stereocenters. The molecule has 3 aromatic rings. The summed E-state index contributed by atoms with van der Waals surface area (Å²) in [6, 6.07) is 25.0. The normalized spacial score (nSPS) is 12.6. The number of rotatable bonds is 12. The van der Waals surface area contributed by atoms with Crippen molar-refractivity contribution in [3.63, 3.8) is 0 Å². The van der Waals surface area contributed by atoms with Crippen LogP contribution in [0.1, 0.15) is 43.4 Å². The molecule has 6 heteroatoms. The number of aryl methyl sites for hydroxylation is 1. The van der Waals surface area contributed by atoms with Gasteiger partial charge in [-0.05, 0) is 49.6 Å². The highest BCUT2D eigenvalue weighted by atomic mass is 35.5. The van der Waals surface area contributed by atoms with Gasteiger partial charge in [-0.15, -0.1) is 11.8 Å². The zero-order valence-corrected chi connectivity index (χ0v) is 22.8. The molecule has 0 saturated heterocycles. The van der Waals surface area contributed by atoms with Crippen molar-refractivity contribution in [2.24, 2.45) is 0 Å². The van der Waals surface area contributed by atoms with E-state index in [9.17, 15) is 9.59 Å². The number of halogens is 1. The van der Waals surface area contributed by atoms with E-state index in [2.05, 4.69) is 36.5 Å². The quantitative estimate of drug-likeness (QED) is 0.270. The number of nitrogens with zero attached hydrogens (tertiary/aromatic N) is 1. The standard InChI is InChI=1S/C30H35ClN2O2S/c1-4-23(3)32-30(35)28(20-24-10-6-5-7-11-24)33(21-25-12-8-9-13-27(25)31)29(34)18-19-36-26-16-14-22(2)15-17-26/h5-17,23,28H,4,18-21H2,1-3H3,(H,32,35)/t23-,28+/m0/s1. The lowest BCUT2D eigenvalue weighted by Gasteiger charge is -2.32. The first-order valence-corrected chi connectivity index (χ1v) is 13.8. The van der Waals surface area contributed by atoms with Gasteiger partial charge in [0.25, 0.3) is 0 Å². The molecule has 2 atom stereocenters. The molecule has 0 bridgehead atoms. The summed E-state index contributed by atoms with van der Waals surface area (Å²) in [6.45, 7) is 6.35. The Morgan fingerprint density at radius 3 is 2.31 bits per heavy atom. The molecule has 0 aliphatic heterocycles. The smallest absolute Gasteiger partial charge is 0.243 e. The fourth-order valence-corrected chi connectivity index (χ4v) is 4.88. The van der Waals surface area contributed by atoms with Gasteiger partial charge in [-0.25, -0.2) is 0 Å². The number of amides is 2. The Kier molecular flexibility index (Phi) is 10.9. The Bertz CT molecular complexity index is 1120. The van der Waals surface area contributed by atoms with Crippen molar-refractivity contribution in [3.8, 4) is 0 Å². The van der Waals surface area contributed by atoms with Crippen molar-refractivity contribution in [2.45, 2.75) is 63.6 Å². The summed E-state index contributed by atoms with van der Waals surface area (Å²) in [5.41, 5.74) is 3.04. The Morgan fingerprint density at radius 2 is 1.64 bits per heavy atom. The van der Waals surface area contributed by atoms with E-state index in [0.29, 0.717) is 23.6 Å². The summed E-state index contributed by atoms with van der Waals surface area (Å²) in [6.07, 6.45) is 1.57. The molecule has 0 aliphatic carbocycles. The van der Waals surface area contributed by atoms with Crippen LogP contribution in [0.3, 0.4) is 0 Å². The molecular formula is C30H35ClN2O2S. The maximum Gasteiger partial charge on any atom is 0.243 e. The van der Waals surface area contributed by atoms with Gasteiger partial charge in [0.1, 0.15) is 6.04 Å². The minimum absolute atomic E-state index is 0.0186. The summed E-state index contributed by atoms with van der Waals surface area (Å²) in [5.74, 6) is 0.431. The molecule has 3 aromatic carbocycles. The van der Waals surface area contributed by atoms with Gasteiger partial charge < -0.3 is 10.2 Å². The molecule has 1 N–H and O–H groups in total. The number of carbonyl (C=O) groups excluding carboxylic acids is 2. The van der Waals surface area contributed by atoms with Gasteiger partial charge in [0.15, 0.2) is 0 Å². The SMILES string of the molecule is CC[C@H](C)NC(=O)[C@@H](Cc1ccccc1)N(Cc1ccccc1Cl)C(=O)CCSc1ccc(C)cc1. The number of thioether (sulfide) groups is 1. The average molecular weight is 523 g/mol. The van der Waals surface area contributed by atoms with Crippen LogP contribution in [0.5, 0.6) is 0 Å². The lowest BCUT2D eigenvalue weighted by atomic mass is 10.0. The number of nitrogens with one attached hydrogen (secondary N) is 1. The van der Waals surface area contributed by atoms with Gasteiger partial charge in [0.2, 0.25) is 11.8 Å². The first kappa shape index (κ1) is 27.8. The van der Waals surface area contributed by atoms with E-state index in [-0.39, 0.29) is 24.4 Å². The minimum Gasteiger partial charge on any atom is -0.352 e. The molecular weight excluding hydrogens is 488 g/mol. The highest BCUT2D eigenvalue weighted by molar-refractivity contribution is 7.99. The molecule has 0 heterocycles. The maximum atomic E-state index is 13.7. The third kappa shape index (κ3) is 8.42. The van der Waals surface area contributed by atoms with Crippen molar-refractivity contribution in [3.05, 3.63) is 101 Å². The molecule has 0 aromatic heterocycles. The van der Waals surface area contributed by atoms with Gasteiger partial charge in [-0.2, -0.15) is 0 Å². The van der Waals surface area contributed by atoms with E-state index >= 15 is 0 Å². The van der Waals surface area contributed by atoms with Crippen LogP contribution in [0.25, 0.3) is 0 Å². The first-order valence-electron chi connectivity index (χ1n) is 12.4. The van der Waals surface area contributed by atoms with E-state index in [0.717, 1.165) is 22.4 Å². The summed E-state index contributed by atoms with van der Waals surface area (Å²) in [5, 5.41) is 3.69. The molecule has 36 heavy (non-hydrogen) atoms. The zero-order valence-electron chi connectivity index (χ0n) is 21.2. The van der Waals surface area contributed by atoms with Gasteiger partial charge in [0.05, 0.1) is 0 Å². The van der Waals surface area contributed by atoms with Crippen LogP contribution in [0, 0.1) is 6.92 Å². The van der Waals surface area contributed by atoms with Crippen molar-refractivity contribution in [1.29, 1.82) is 0 Å². The van der Waals surface area contributed by atoms with Crippen LogP contribution in [-0.4, -0.2) is 34.6 Å². The van der Waals surface area contributed by atoms with E-state index < -0.39 is 6.04 Å². The zero-order chi connectivity index (χ0) is 25.9. The fourth-order valence-electron chi connectivity index (χ4n) is 3.84. The van der Waals surface area contributed by atoms with Crippen LogP contribution in [0.2, 0.25) is 5.02 Å². The molecule has 0 saturated carbocycles. The van der Waals surface area contributed by atoms with Crippen LogP contribution < -0.4 is 5.32 Å². The Labute approximate surface area is 224 Å². The number of hydrogen-bond acceptors (Lipinski definition) is 3. The van der Waals surface area contributed by atoms with Gasteiger partial charge in [-0.3, -0.25) is 9.59 Å². The van der Waals surface area contributed by atoms with Crippen LogP contribution in [-0.2, 0) is 22.6 Å². The van der Waals surface area contributed by atoms with E-state index in [1.807, 2.05) is 68.4 Å². The molecule has 4 nitrogen and oxygen atoms in total. The second kappa shape index (κ2) is 14.1. The summed E-state index contributed by atoms with van der Waals surface area (Å²) < 4.78 is 0.